The lowest BCUT2D eigenvalue weighted by atomic mass is 10.2. The largest absolute Gasteiger partial charge is 0.459 e. The van der Waals surface area contributed by atoms with Gasteiger partial charge in [0.2, 0.25) is 0 Å². The molecule has 0 aliphatic rings. The van der Waals surface area contributed by atoms with Crippen LogP contribution in [-0.4, -0.2) is 34.6 Å². The number of esters is 1. The van der Waals surface area contributed by atoms with Gasteiger partial charge in [0.15, 0.2) is 0 Å². The number of ether oxygens (including phenoxy) is 1. The number of rotatable bonds is 13. The van der Waals surface area contributed by atoms with Gasteiger partial charge in [0.05, 0.1) is 0 Å². The van der Waals surface area contributed by atoms with Crippen molar-refractivity contribution >= 4 is 15.3 Å². The molecule has 124 valence electrons. The van der Waals surface area contributed by atoms with Crippen molar-refractivity contribution in [2.75, 3.05) is 13.2 Å². The first-order chi connectivity index (χ1) is 10.1. The Bertz CT molecular complexity index is 273. The zero-order valence-corrected chi connectivity index (χ0v) is 15.3. The third-order valence-corrected chi connectivity index (χ3v) is 5.83. The molecule has 0 spiro atoms. The first-order valence-electron chi connectivity index (χ1n) is 8.16. The summed E-state index contributed by atoms with van der Waals surface area (Å²) in [6, 6.07) is 0. The summed E-state index contributed by atoms with van der Waals surface area (Å²) in [7, 11) is -1.85. The molecule has 0 aliphatic carbocycles. The van der Waals surface area contributed by atoms with Crippen LogP contribution in [0.2, 0.25) is 5.54 Å². The zero-order valence-electron chi connectivity index (χ0n) is 14.1. The minimum atomic E-state index is -1.85. The molecule has 0 aromatic heterocycles. The van der Waals surface area contributed by atoms with Gasteiger partial charge in [-0.2, -0.15) is 0 Å². The van der Waals surface area contributed by atoms with Gasteiger partial charge >= 0.3 is 15.3 Å². The van der Waals surface area contributed by atoms with E-state index in [1.54, 1.807) is 0 Å². The fourth-order valence-electron chi connectivity index (χ4n) is 1.97. The van der Waals surface area contributed by atoms with Crippen molar-refractivity contribution in [3.05, 3.63) is 12.7 Å². The molecule has 0 N–H and O–H groups in total. The van der Waals surface area contributed by atoms with Crippen LogP contribution in [0.5, 0.6) is 0 Å². The first kappa shape index (κ1) is 20.3. The molecule has 2 unspecified atom stereocenters. The van der Waals surface area contributed by atoms with Crippen LogP contribution < -0.4 is 0 Å². The topological polar surface area (TPSA) is 44.8 Å². The second-order valence-electron chi connectivity index (χ2n) is 5.26. The number of hydrogen-bond donors (Lipinski definition) is 0. The highest BCUT2D eigenvalue weighted by Gasteiger charge is 2.31. The predicted molar refractivity (Wildman–Crippen MR) is 88.7 cm³/mol. The molecule has 0 saturated carbocycles. The predicted octanol–water partition coefficient (Wildman–Crippen LogP) is 3.74. The van der Waals surface area contributed by atoms with Gasteiger partial charge in [-0.05, 0) is 19.3 Å². The third-order valence-electron chi connectivity index (χ3n) is 3.41. The van der Waals surface area contributed by atoms with Crippen LogP contribution in [0.25, 0.3) is 0 Å². The van der Waals surface area contributed by atoms with E-state index >= 15 is 0 Å². The van der Waals surface area contributed by atoms with E-state index in [0.29, 0.717) is 0 Å². The Hall–Kier alpha value is -0.653. The molecule has 0 rings (SSSR count). The minimum absolute atomic E-state index is 0.132. The average Bonchev–Trinajstić information content (AvgIpc) is 2.50. The maximum absolute atomic E-state index is 11.4. The van der Waals surface area contributed by atoms with E-state index in [1.165, 1.54) is 6.08 Å². The summed E-state index contributed by atoms with van der Waals surface area (Å²) in [6.07, 6.45) is 6.10. The zero-order chi connectivity index (χ0) is 16.1. The highest BCUT2D eigenvalue weighted by atomic mass is 28.3. The Labute approximate surface area is 131 Å². The van der Waals surface area contributed by atoms with Crippen LogP contribution in [0.15, 0.2) is 12.7 Å². The number of carbonyl (C=O) groups is 1. The molecule has 0 saturated heterocycles. The smallest absolute Gasteiger partial charge is 0.330 e. The molecule has 0 fully saturated rings. The van der Waals surface area contributed by atoms with E-state index in [9.17, 15) is 4.79 Å². The summed E-state index contributed by atoms with van der Waals surface area (Å²) < 4.78 is 17.4. The van der Waals surface area contributed by atoms with Crippen molar-refractivity contribution in [1.29, 1.82) is 0 Å². The van der Waals surface area contributed by atoms with Crippen LogP contribution in [-0.2, 0) is 18.4 Å². The van der Waals surface area contributed by atoms with Gasteiger partial charge in [0.25, 0.3) is 0 Å². The first-order valence-corrected chi connectivity index (χ1v) is 9.77. The molecule has 0 aromatic rings. The molecule has 2 atom stereocenters. The van der Waals surface area contributed by atoms with E-state index in [2.05, 4.69) is 27.4 Å². The maximum Gasteiger partial charge on any atom is 0.330 e. The summed E-state index contributed by atoms with van der Waals surface area (Å²) in [5, 5.41) is 0. The Kier molecular flexibility index (Phi) is 12.6. The van der Waals surface area contributed by atoms with Gasteiger partial charge in [-0.1, -0.05) is 47.1 Å². The summed E-state index contributed by atoms with van der Waals surface area (Å²) in [5.74, 6) is -0.372. The second kappa shape index (κ2) is 13.0. The molecular weight excluding hydrogens is 284 g/mol. The van der Waals surface area contributed by atoms with Crippen molar-refractivity contribution in [2.45, 2.75) is 71.4 Å². The second-order valence-corrected chi connectivity index (χ2v) is 7.72. The quantitative estimate of drug-likeness (QED) is 0.225. The molecule has 0 bridgehead atoms. The van der Waals surface area contributed by atoms with E-state index < -0.39 is 9.28 Å². The molecule has 4 nitrogen and oxygen atoms in total. The number of hydrogen-bond acceptors (Lipinski definition) is 4. The summed E-state index contributed by atoms with van der Waals surface area (Å²) in [6.45, 7) is 13.3. The van der Waals surface area contributed by atoms with E-state index in [0.717, 1.165) is 45.3 Å². The standard InChI is InChI=1S/C16H32O4Si/c1-6-10-12-18-21(19-13-11-7-2)14(5)15(8-3)20-16(17)9-4/h9,14-15,21H,4,6-8,10-13H2,1-3,5H3. The Morgan fingerprint density at radius 1 is 1.14 bits per heavy atom. The van der Waals surface area contributed by atoms with Gasteiger partial charge in [-0.15, -0.1) is 0 Å². The molecular formula is C16H32O4Si. The Balaban J connectivity index is 4.57. The fraction of sp³-hybridized carbons (Fsp3) is 0.812. The summed E-state index contributed by atoms with van der Waals surface area (Å²) in [5.41, 5.74) is 0.132. The van der Waals surface area contributed by atoms with Crippen molar-refractivity contribution < 1.29 is 18.4 Å². The molecule has 0 amide bonds. The van der Waals surface area contributed by atoms with Gasteiger partial charge in [0.1, 0.15) is 6.10 Å². The number of unbranched alkanes of at least 4 members (excludes halogenated alkanes) is 2. The number of carbonyl (C=O) groups excluding carboxylic acids is 1. The minimum Gasteiger partial charge on any atom is -0.459 e. The molecule has 21 heavy (non-hydrogen) atoms. The van der Waals surface area contributed by atoms with Crippen LogP contribution in [0, 0.1) is 0 Å². The maximum atomic E-state index is 11.4. The SMILES string of the molecule is C=CC(=O)OC(CC)C(C)[SiH](OCCCC)OCCCC. The lowest BCUT2D eigenvalue weighted by Crippen LogP contribution is -2.36. The monoisotopic (exact) mass is 316 g/mol. The molecule has 5 heteroatoms. The third kappa shape index (κ3) is 9.06. The van der Waals surface area contributed by atoms with Crippen molar-refractivity contribution in [3.8, 4) is 0 Å². The van der Waals surface area contributed by atoms with Gasteiger partial charge in [-0.25, -0.2) is 4.79 Å². The molecule has 0 heterocycles. The van der Waals surface area contributed by atoms with Crippen molar-refractivity contribution in [3.63, 3.8) is 0 Å². The van der Waals surface area contributed by atoms with E-state index in [-0.39, 0.29) is 17.6 Å². The van der Waals surface area contributed by atoms with Crippen LogP contribution in [0.1, 0.15) is 59.8 Å². The Morgan fingerprint density at radius 3 is 2.05 bits per heavy atom. The van der Waals surface area contributed by atoms with Crippen molar-refractivity contribution in [1.82, 2.24) is 0 Å². The van der Waals surface area contributed by atoms with E-state index in [4.69, 9.17) is 13.6 Å². The summed E-state index contributed by atoms with van der Waals surface area (Å²) >= 11 is 0. The van der Waals surface area contributed by atoms with Crippen LogP contribution >= 0.6 is 0 Å². The lowest BCUT2D eigenvalue weighted by Gasteiger charge is -2.28. The lowest BCUT2D eigenvalue weighted by molar-refractivity contribution is -0.143. The van der Waals surface area contributed by atoms with Crippen molar-refractivity contribution in [2.24, 2.45) is 0 Å². The highest BCUT2D eigenvalue weighted by molar-refractivity contribution is 6.46. The normalized spacial score (nSPS) is 14.0. The molecule has 0 aromatic carbocycles. The van der Waals surface area contributed by atoms with Gasteiger partial charge < -0.3 is 13.6 Å². The van der Waals surface area contributed by atoms with E-state index in [1.807, 2.05) is 6.92 Å². The fourth-order valence-corrected chi connectivity index (χ4v) is 4.18. The average molecular weight is 317 g/mol. The Morgan fingerprint density at radius 2 is 1.67 bits per heavy atom. The molecule has 0 aliphatic heterocycles. The summed E-state index contributed by atoms with van der Waals surface area (Å²) in [4.78, 5) is 11.4. The highest BCUT2D eigenvalue weighted by Crippen LogP contribution is 2.23. The van der Waals surface area contributed by atoms with Crippen LogP contribution in [0.4, 0.5) is 0 Å². The van der Waals surface area contributed by atoms with Crippen LogP contribution in [0.3, 0.4) is 0 Å². The molecule has 0 radical (unpaired) electrons. The van der Waals surface area contributed by atoms with Gasteiger partial charge in [-0.3, -0.25) is 0 Å². The van der Waals surface area contributed by atoms with Gasteiger partial charge in [0, 0.05) is 24.8 Å².